The molecule has 108 valence electrons. The number of nitriles is 1. The van der Waals surface area contributed by atoms with Crippen molar-refractivity contribution in [3.8, 4) is 17.9 Å². The molecule has 0 spiro atoms. The fourth-order valence-corrected chi connectivity index (χ4v) is 2.40. The smallest absolute Gasteiger partial charge is 0.152 e. The molecule has 0 heterocycles. The Bertz CT molecular complexity index is 825. The van der Waals surface area contributed by atoms with Crippen LogP contribution in [0.4, 0.5) is 17.1 Å². The zero-order chi connectivity index (χ0) is 15.9. The van der Waals surface area contributed by atoms with Crippen molar-refractivity contribution in [1.82, 2.24) is 0 Å². The van der Waals surface area contributed by atoms with Crippen molar-refractivity contribution >= 4 is 17.1 Å². The molecule has 0 aliphatic heterocycles. The van der Waals surface area contributed by atoms with Crippen molar-refractivity contribution < 1.29 is 0 Å². The van der Waals surface area contributed by atoms with Crippen molar-refractivity contribution in [2.45, 2.75) is 0 Å². The van der Waals surface area contributed by atoms with Crippen molar-refractivity contribution in [2.75, 3.05) is 4.90 Å². The van der Waals surface area contributed by atoms with Crippen molar-refractivity contribution in [2.24, 2.45) is 0 Å². The first-order chi connectivity index (χ1) is 11.4. The summed E-state index contributed by atoms with van der Waals surface area (Å²) in [4.78, 5) is 2.18. The first-order valence-electron chi connectivity index (χ1n) is 7.29. The molecule has 0 amide bonds. The van der Waals surface area contributed by atoms with Gasteiger partial charge in [0.1, 0.15) is 0 Å². The van der Waals surface area contributed by atoms with Crippen molar-refractivity contribution in [3.05, 3.63) is 90.5 Å². The maximum Gasteiger partial charge on any atom is 0.152 e. The molecule has 0 saturated carbocycles. The van der Waals surface area contributed by atoms with E-state index in [0.717, 1.165) is 22.6 Å². The summed E-state index contributed by atoms with van der Waals surface area (Å²) in [6, 6.07) is 30.2. The summed E-state index contributed by atoms with van der Waals surface area (Å²) in [5, 5.41) is 8.54. The van der Waals surface area contributed by atoms with Gasteiger partial charge < -0.3 is 4.90 Å². The highest BCUT2D eigenvalue weighted by atomic mass is 15.1. The average molecular weight is 294 g/mol. The van der Waals surface area contributed by atoms with Gasteiger partial charge in [-0.3, -0.25) is 0 Å². The number of nitrogens with zero attached hydrogens (tertiary/aromatic N) is 2. The van der Waals surface area contributed by atoms with Crippen LogP contribution in [0.25, 0.3) is 0 Å². The number of hydrogen-bond donors (Lipinski definition) is 0. The van der Waals surface area contributed by atoms with Gasteiger partial charge in [-0.1, -0.05) is 42.3 Å². The van der Waals surface area contributed by atoms with Gasteiger partial charge in [-0.25, -0.2) is 0 Å². The molecule has 3 aromatic carbocycles. The number of rotatable bonds is 3. The van der Waals surface area contributed by atoms with Crippen LogP contribution < -0.4 is 4.90 Å². The van der Waals surface area contributed by atoms with Crippen LogP contribution in [0.5, 0.6) is 0 Å². The lowest BCUT2D eigenvalue weighted by atomic mass is 10.1. The fraction of sp³-hybridized carbons (Fsp3) is 0. The lowest BCUT2D eigenvalue weighted by molar-refractivity contribution is 1.28. The van der Waals surface area contributed by atoms with Crippen LogP contribution in [0.3, 0.4) is 0 Å². The van der Waals surface area contributed by atoms with Gasteiger partial charge in [0.25, 0.3) is 0 Å². The van der Waals surface area contributed by atoms with Crippen LogP contribution in [0, 0.1) is 23.2 Å². The Kier molecular flexibility index (Phi) is 4.39. The second-order valence-corrected chi connectivity index (χ2v) is 4.92. The standard InChI is InChI=1S/C21H14N2/c22-17-7-8-18-13-15-21(16-14-18)23(19-9-3-1-4-10-19)20-11-5-2-6-12-20/h1-6,9-16H. The van der Waals surface area contributed by atoms with Gasteiger partial charge in [0.05, 0.1) is 0 Å². The highest BCUT2D eigenvalue weighted by molar-refractivity contribution is 5.76. The van der Waals surface area contributed by atoms with Gasteiger partial charge in [-0.2, -0.15) is 5.26 Å². The molecule has 0 saturated heterocycles. The quantitative estimate of drug-likeness (QED) is 0.633. The third-order valence-corrected chi connectivity index (χ3v) is 3.42. The Labute approximate surface area is 136 Å². The SMILES string of the molecule is N#CC#Cc1ccc(N(c2ccccc2)c2ccccc2)cc1. The molecule has 23 heavy (non-hydrogen) atoms. The Hall–Kier alpha value is -3.49. The van der Waals surface area contributed by atoms with Crippen LogP contribution in [-0.4, -0.2) is 0 Å². The predicted molar refractivity (Wildman–Crippen MR) is 93.6 cm³/mol. The van der Waals surface area contributed by atoms with E-state index in [0.29, 0.717) is 0 Å². The number of hydrogen-bond acceptors (Lipinski definition) is 2. The minimum absolute atomic E-state index is 0.830. The highest BCUT2D eigenvalue weighted by Gasteiger charge is 2.11. The van der Waals surface area contributed by atoms with Gasteiger partial charge in [0.15, 0.2) is 6.07 Å². The van der Waals surface area contributed by atoms with E-state index in [9.17, 15) is 0 Å². The molecule has 0 aromatic heterocycles. The Morgan fingerprint density at radius 2 is 1.09 bits per heavy atom. The zero-order valence-electron chi connectivity index (χ0n) is 12.5. The third kappa shape index (κ3) is 3.40. The molecule has 0 unspecified atom stereocenters. The molecule has 3 aromatic rings. The molecule has 0 radical (unpaired) electrons. The Balaban J connectivity index is 2.04. The first-order valence-corrected chi connectivity index (χ1v) is 7.29. The largest absolute Gasteiger partial charge is 0.311 e. The number of para-hydroxylation sites is 2. The van der Waals surface area contributed by atoms with Gasteiger partial charge in [0.2, 0.25) is 0 Å². The molecular weight excluding hydrogens is 280 g/mol. The van der Waals surface area contributed by atoms with E-state index in [2.05, 4.69) is 41.0 Å². The molecule has 0 fully saturated rings. The van der Waals surface area contributed by atoms with E-state index in [1.54, 1.807) is 0 Å². The summed E-state index contributed by atoms with van der Waals surface area (Å²) in [6.45, 7) is 0. The third-order valence-electron chi connectivity index (χ3n) is 3.42. The van der Waals surface area contributed by atoms with Crippen LogP contribution in [-0.2, 0) is 0 Å². The Morgan fingerprint density at radius 3 is 1.57 bits per heavy atom. The zero-order valence-corrected chi connectivity index (χ0v) is 12.5. The molecule has 0 aliphatic rings. The average Bonchev–Trinajstić information content (AvgIpc) is 2.63. The summed E-state index contributed by atoms with van der Waals surface area (Å²) in [7, 11) is 0. The normalized spacial score (nSPS) is 9.35. The van der Waals surface area contributed by atoms with E-state index >= 15 is 0 Å². The Morgan fingerprint density at radius 1 is 0.609 bits per heavy atom. The van der Waals surface area contributed by atoms with Crippen LogP contribution in [0.15, 0.2) is 84.9 Å². The first kappa shape index (κ1) is 14.4. The molecular formula is C21H14N2. The van der Waals surface area contributed by atoms with Crippen LogP contribution in [0.2, 0.25) is 0 Å². The summed E-state index contributed by atoms with van der Waals surface area (Å²) < 4.78 is 0. The van der Waals surface area contributed by atoms with E-state index in [1.807, 2.05) is 66.7 Å². The monoisotopic (exact) mass is 294 g/mol. The lowest BCUT2D eigenvalue weighted by Crippen LogP contribution is -2.09. The van der Waals surface area contributed by atoms with E-state index in [4.69, 9.17) is 5.26 Å². The summed E-state index contributed by atoms with van der Waals surface area (Å²) in [5.41, 5.74) is 4.06. The van der Waals surface area contributed by atoms with Gasteiger partial charge in [0, 0.05) is 28.5 Å². The number of benzene rings is 3. The fourth-order valence-electron chi connectivity index (χ4n) is 2.40. The second kappa shape index (κ2) is 6.98. The maximum absolute atomic E-state index is 8.54. The summed E-state index contributed by atoms with van der Waals surface area (Å²) in [6.07, 6.45) is 0. The van der Waals surface area contributed by atoms with Crippen LogP contribution in [0.1, 0.15) is 5.56 Å². The number of anilines is 3. The van der Waals surface area contributed by atoms with E-state index < -0.39 is 0 Å². The van der Waals surface area contributed by atoms with Crippen LogP contribution >= 0.6 is 0 Å². The molecule has 2 heteroatoms. The van der Waals surface area contributed by atoms with E-state index in [-0.39, 0.29) is 0 Å². The van der Waals surface area contributed by atoms with Gasteiger partial charge in [-0.05, 0) is 48.5 Å². The maximum atomic E-state index is 8.54. The van der Waals surface area contributed by atoms with Gasteiger partial charge in [-0.15, -0.1) is 0 Å². The molecule has 3 rings (SSSR count). The van der Waals surface area contributed by atoms with Gasteiger partial charge >= 0.3 is 0 Å². The summed E-state index contributed by atoms with van der Waals surface area (Å²) in [5.74, 6) is 5.23. The van der Waals surface area contributed by atoms with Crippen molar-refractivity contribution in [1.29, 1.82) is 5.26 Å². The van der Waals surface area contributed by atoms with E-state index in [1.165, 1.54) is 0 Å². The second-order valence-electron chi connectivity index (χ2n) is 4.92. The highest BCUT2D eigenvalue weighted by Crippen LogP contribution is 2.33. The molecule has 0 bridgehead atoms. The minimum Gasteiger partial charge on any atom is -0.311 e. The molecule has 0 aliphatic carbocycles. The van der Waals surface area contributed by atoms with Crippen molar-refractivity contribution in [3.63, 3.8) is 0 Å². The molecule has 0 N–H and O–H groups in total. The molecule has 2 nitrogen and oxygen atoms in total. The topological polar surface area (TPSA) is 27.0 Å². The molecule has 0 atom stereocenters. The summed E-state index contributed by atoms with van der Waals surface area (Å²) >= 11 is 0. The lowest BCUT2D eigenvalue weighted by Gasteiger charge is -2.25. The predicted octanol–water partition coefficient (Wildman–Crippen LogP) is 5.03. The minimum atomic E-state index is 0.830.